The summed E-state index contributed by atoms with van der Waals surface area (Å²) >= 11 is 0. The van der Waals surface area contributed by atoms with Gasteiger partial charge < -0.3 is 4.42 Å². The smallest absolute Gasteiger partial charge is 0.160 e. The van der Waals surface area contributed by atoms with Gasteiger partial charge in [-0.1, -0.05) is 178 Å². The van der Waals surface area contributed by atoms with Crippen LogP contribution in [0.25, 0.3) is 100 Å². The van der Waals surface area contributed by atoms with E-state index >= 15 is 0 Å². The number of hydrogen-bond donors (Lipinski definition) is 0. The van der Waals surface area contributed by atoms with Gasteiger partial charge >= 0.3 is 0 Å². The Labute approximate surface area is 338 Å². The van der Waals surface area contributed by atoms with Crippen LogP contribution in [0.4, 0.5) is 0 Å². The molecule has 3 nitrogen and oxygen atoms in total. The van der Waals surface area contributed by atoms with Crippen LogP contribution in [-0.4, -0.2) is 9.97 Å². The van der Waals surface area contributed by atoms with E-state index in [9.17, 15) is 0 Å². The third kappa shape index (κ3) is 5.50. The summed E-state index contributed by atoms with van der Waals surface area (Å²) in [5.41, 5.74) is 18.3. The summed E-state index contributed by atoms with van der Waals surface area (Å²) in [7, 11) is 0. The zero-order valence-corrected chi connectivity index (χ0v) is 32.3. The molecule has 1 aliphatic rings. The van der Waals surface area contributed by atoms with Gasteiger partial charge in [-0.3, -0.25) is 0 Å². The second-order valence-corrected chi connectivity index (χ2v) is 15.7. The zero-order valence-electron chi connectivity index (χ0n) is 32.3. The van der Waals surface area contributed by atoms with Crippen LogP contribution in [0.15, 0.2) is 199 Å². The van der Waals surface area contributed by atoms with Gasteiger partial charge in [0, 0.05) is 38.4 Å². The average molecular weight is 743 g/mol. The Kier molecular flexibility index (Phi) is 7.84. The number of furan rings is 1. The van der Waals surface area contributed by atoms with Crippen LogP contribution in [0.1, 0.15) is 25.0 Å². The SMILES string of the molecule is CC1(C)c2ccccc2-c2c(-c3cc(-c4cc(-c5ccccc5-c5ccccc5)cc(-c5cccc6c5oc5ccccc56)c4)nc(-c4ccccc4)n3)cccc21. The van der Waals surface area contributed by atoms with Gasteiger partial charge in [-0.05, 0) is 80.4 Å². The molecule has 0 unspecified atom stereocenters. The molecule has 0 atom stereocenters. The van der Waals surface area contributed by atoms with Gasteiger partial charge in [0.05, 0.1) is 11.4 Å². The molecule has 8 aromatic carbocycles. The lowest BCUT2D eigenvalue weighted by Crippen LogP contribution is -2.14. The molecule has 2 heterocycles. The zero-order chi connectivity index (χ0) is 38.8. The molecule has 0 fully saturated rings. The van der Waals surface area contributed by atoms with E-state index in [2.05, 4.69) is 190 Å². The van der Waals surface area contributed by atoms with Crippen molar-refractivity contribution in [3.05, 3.63) is 205 Å². The first-order valence-electron chi connectivity index (χ1n) is 19.9. The first-order chi connectivity index (χ1) is 28.5. The molecular weight excluding hydrogens is 705 g/mol. The Morgan fingerprint density at radius 3 is 1.71 bits per heavy atom. The number of nitrogens with zero attached hydrogens (tertiary/aromatic N) is 2. The van der Waals surface area contributed by atoms with Crippen molar-refractivity contribution in [1.29, 1.82) is 0 Å². The van der Waals surface area contributed by atoms with Crippen molar-refractivity contribution in [2.45, 2.75) is 19.3 Å². The lowest BCUT2D eigenvalue weighted by Gasteiger charge is -2.21. The fourth-order valence-corrected chi connectivity index (χ4v) is 9.08. The molecule has 2 aromatic heterocycles. The second kappa shape index (κ2) is 13.4. The molecule has 11 rings (SSSR count). The standard InChI is InChI=1S/C55H38N2O/c1-55(2)47-28-13-11-24-45(47)52-46(27-16-29-48(52)55)50-34-49(56-54(57-50)36-19-7-4-8-20-36)39-32-37(41-22-10-9-21-40(41)35-17-5-3-6-18-35)31-38(33-39)42-25-15-26-44-43-23-12-14-30-51(43)58-53(42)44/h3-34H,1-2H3. The lowest BCUT2D eigenvalue weighted by atomic mass is 9.82. The summed E-state index contributed by atoms with van der Waals surface area (Å²) < 4.78 is 6.64. The number of fused-ring (bicyclic) bond motifs is 6. The summed E-state index contributed by atoms with van der Waals surface area (Å²) in [4.78, 5) is 10.7. The third-order valence-corrected chi connectivity index (χ3v) is 11.9. The summed E-state index contributed by atoms with van der Waals surface area (Å²) in [6.07, 6.45) is 0. The molecule has 0 aliphatic heterocycles. The highest BCUT2D eigenvalue weighted by Crippen LogP contribution is 2.52. The molecule has 0 bridgehead atoms. The molecule has 274 valence electrons. The Morgan fingerprint density at radius 2 is 0.914 bits per heavy atom. The molecule has 3 heteroatoms. The highest BCUT2D eigenvalue weighted by atomic mass is 16.3. The third-order valence-electron chi connectivity index (χ3n) is 11.9. The van der Waals surface area contributed by atoms with Crippen LogP contribution in [0.3, 0.4) is 0 Å². The Morgan fingerprint density at radius 1 is 0.379 bits per heavy atom. The Balaban J connectivity index is 1.19. The molecule has 0 N–H and O–H groups in total. The van der Waals surface area contributed by atoms with Crippen molar-refractivity contribution in [3.63, 3.8) is 0 Å². The second-order valence-electron chi connectivity index (χ2n) is 15.7. The van der Waals surface area contributed by atoms with Gasteiger partial charge in [0.1, 0.15) is 11.2 Å². The van der Waals surface area contributed by atoms with Gasteiger partial charge in [0.25, 0.3) is 0 Å². The van der Waals surface area contributed by atoms with Crippen LogP contribution in [0, 0.1) is 0 Å². The van der Waals surface area contributed by atoms with E-state index in [-0.39, 0.29) is 5.41 Å². The summed E-state index contributed by atoms with van der Waals surface area (Å²) in [5, 5.41) is 2.21. The normalized spacial score (nSPS) is 12.8. The number of rotatable bonds is 6. The van der Waals surface area contributed by atoms with E-state index in [1.807, 2.05) is 18.2 Å². The van der Waals surface area contributed by atoms with Crippen LogP contribution < -0.4 is 0 Å². The average Bonchev–Trinajstić information content (AvgIpc) is 3.79. The molecule has 1 aliphatic carbocycles. The molecule has 0 saturated heterocycles. The number of para-hydroxylation sites is 2. The van der Waals surface area contributed by atoms with Crippen molar-refractivity contribution in [2.24, 2.45) is 0 Å². The van der Waals surface area contributed by atoms with E-state index < -0.39 is 0 Å². The van der Waals surface area contributed by atoms with Crippen molar-refractivity contribution >= 4 is 21.9 Å². The van der Waals surface area contributed by atoms with Gasteiger partial charge in [-0.2, -0.15) is 0 Å². The maximum Gasteiger partial charge on any atom is 0.160 e. The fourth-order valence-electron chi connectivity index (χ4n) is 9.08. The molecule has 0 radical (unpaired) electrons. The fraction of sp³-hybridized carbons (Fsp3) is 0.0545. The predicted molar refractivity (Wildman–Crippen MR) is 239 cm³/mol. The van der Waals surface area contributed by atoms with Crippen LogP contribution >= 0.6 is 0 Å². The van der Waals surface area contributed by atoms with Gasteiger partial charge in [-0.15, -0.1) is 0 Å². The van der Waals surface area contributed by atoms with Gasteiger partial charge in [-0.25, -0.2) is 9.97 Å². The minimum atomic E-state index is -0.132. The monoisotopic (exact) mass is 742 g/mol. The molecule has 0 amide bonds. The quantitative estimate of drug-likeness (QED) is 0.170. The van der Waals surface area contributed by atoms with Crippen molar-refractivity contribution in [3.8, 4) is 78.4 Å². The summed E-state index contributed by atoms with van der Waals surface area (Å²) in [6.45, 7) is 4.65. The molecular formula is C55H38N2O. The number of hydrogen-bond acceptors (Lipinski definition) is 3. The van der Waals surface area contributed by atoms with Crippen LogP contribution in [0.2, 0.25) is 0 Å². The molecule has 0 spiro atoms. The number of benzene rings is 8. The summed E-state index contributed by atoms with van der Waals surface area (Å²) in [6, 6.07) is 68.9. The van der Waals surface area contributed by atoms with E-state index in [4.69, 9.17) is 14.4 Å². The highest BCUT2D eigenvalue weighted by molar-refractivity contribution is 6.10. The maximum absolute atomic E-state index is 6.64. The highest BCUT2D eigenvalue weighted by Gasteiger charge is 2.37. The molecule has 58 heavy (non-hydrogen) atoms. The van der Waals surface area contributed by atoms with E-state index in [1.54, 1.807) is 0 Å². The van der Waals surface area contributed by atoms with Crippen LogP contribution in [0.5, 0.6) is 0 Å². The Hall–Kier alpha value is -7.36. The minimum absolute atomic E-state index is 0.132. The van der Waals surface area contributed by atoms with Crippen molar-refractivity contribution in [1.82, 2.24) is 9.97 Å². The summed E-state index contributed by atoms with van der Waals surface area (Å²) in [5.74, 6) is 0.687. The first kappa shape index (κ1) is 33.9. The predicted octanol–water partition coefficient (Wildman–Crippen LogP) is 14.7. The molecule has 10 aromatic rings. The molecule has 0 saturated carbocycles. The van der Waals surface area contributed by atoms with E-state index in [0.717, 1.165) is 72.3 Å². The Bertz CT molecular complexity index is 3190. The van der Waals surface area contributed by atoms with Gasteiger partial charge in [0.15, 0.2) is 5.82 Å². The van der Waals surface area contributed by atoms with E-state index in [0.29, 0.717) is 5.82 Å². The van der Waals surface area contributed by atoms with Gasteiger partial charge in [0.2, 0.25) is 0 Å². The lowest BCUT2D eigenvalue weighted by molar-refractivity contribution is 0.660. The topological polar surface area (TPSA) is 38.9 Å². The van der Waals surface area contributed by atoms with Crippen LogP contribution in [-0.2, 0) is 5.41 Å². The van der Waals surface area contributed by atoms with Crippen molar-refractivity contribution < 1.29 is 4.42 Å². The number of aromatic nitrogens is 2. The first-order valence-corrected chi connectivity index (χ1v) is 19.9. The van der Waals surface area contributed by atoms with E-state index in [1.165, 1.54) is 33.4 Å². The maximum atomic E-state index is 6.64. The van der Waals surface area contributed by atoms with Crippen molar-refractivity contribution in [2.75, 3.05) is 0 Å². The minimum Gasteiger partial charge on any atom is -0.455 e. The largest absolute Gasteiger partial charge is 0.455 e.